The predicted octanol–water partition coefficient (Wildman–Crippen LogP) is 2.81. The van der Waals surface area contributed by atoms with Crippen molar-refractivity contribution in [3.05, 3.63) is 24.3 Å². The van der Waals surface area contributed by atoms with Crippen LogP contribution in [0.15, 0.2) is 24.3 Å². The summed E-state index contributed by atoms with van der Waals surface area (Å²) in [5, 5.41) is 2.84. The van der Waals surface area contributed by atoms with Crippen LogP contribution in [-0.4, -0.2) is 75.1 Å². The molecule has 6 nitrogen and oxygen atoms in total. The number of rotatable bonds is 7. The Bertz CT molecular complexity index is 559. The van der Waals surface area contributed by atoms with E-state index in [1.807, 2.05) is 0 Å². The number of nitrogens with one attached hydrogen (secondary N) is 1. The number of methoxy groups -OCH3 is 1. The van der Waals surface area contributed by atoms with E-state index < -0.39 is 12.8 Å². The second-order valence-electron chi connectivity index (χ2n) is 6.01. The van der Waals surface area contributed by atoms with Crippen LogP contribution in [-0.2, 0) is 4.74 Å². The number of hydrogen-bond donors (Lipinski definition) is 1. The van der Waals surface area contributed by atoms with Crippen molar-refractivity contribution >= 4 is 11.7 Å². The number of anilines is 1. The molecule has 2 rings (SSSR count). The largest absolute Gasteiger partial charge is 0.497 e. The molecular formula is C17H24F3N3O3. The summed E-state index contributed by atoms with van der Waals surface area (Å²) in [5.41, 5.74) is 0.694. The Hall–Kier alpha value is -2.00. The van der Waals surface area contributed by atoms with E-state index in [-0.39, 0.29) is 12.6 Å². The number of urea groups is 1. The van der Waals surface area contributed by atoms with Crippen molar-refractivity contribution in [3.8, 4) is 5.75 Å². The highest BCUT2D eigenvalue weighted by molar-refractivity contribution is 5.89. The van der Waals surface area contributed by atoms with Gasteiger partial charge in [-0.25, -0.2) is 4.79 Å². The van der Waals surface area contributed by atoms with E-state index in [1.54, 1.807) is 36.3 Å². The van der Waals surface area contributed by atoms with Gasteiger partial charge < -0.3 is 19.7 Å². The number of amides is 2. The molecule has 146 valence electrons. The van der Waals surface area contributed by atoms with Crippen LogP contribution < -0.4 is 10.1 Å². The van der Waals surface area contributed by atoms with Crippen molar-refractivity contribution < 1.29 is 27.4 Å². The van der Waals surface area contributed by atoms with Crippen LogP contribution >= 0.6 is 0 Å². The Morgan fingerprint density at radius 3 is 2.38 bits per heavy atom. The molecule has 1 aromatic rings. The lowest BCUT2D eigenvalue weighted by atomic mass is 10.3. The first-order valence-corrected chi connectivity index (χ1v) is 8.44. The normalized spacial score (nSPS) is 15.8. The molecule has 0 aliphatic carbocycles. The third-order valence-corrected chi connectivity index (χ3v) is 4.03. The second-order valence-corrected chi connectivity index (χ2v) is 6.01. The smallest absolute Gasteiger partial charge is 0.411 e. The van der Waals surface area contributed by atoms with Gasteiger partial charge in [0.15, 0.2) is 0 Å². The fourth-order valence-electron chi connectivity index (χ4n) is 2.63. The summed E-state index contributed by atoms with van der Waals surface area (Å²) in [6.07, 6.45) is -3.74. The molecule has 0 bridgehead atoms. The Morgan fingerprint density at radius 2 is 1.81 bits per heavy atom. The fraction of sp³-hybridized carbons (Fsp3) is 0.588. The van der Waals surface area contributed by atoms with E-state index in [1.165, 1.54) is 0 Å². The third-order valence-electron chi connectivity index (χ3n) is 4.03. The number of carbonyl (C=O) groups excluding carboxylic acids is 1. The number of nitrogens with zero attached hydrogens (tertiary/aromatic N) is 2. The van der Waals surface area contributed by atoms with Crippen LogP contribution in [0.25, 0.3) is 0 Å². The molecule has 0 saturated carbocycles. The lowest BCUT2D eigenvalue weighted by Gasteiger charge is -2.34. The zero-order valence-corrected chi connectivity index (χ0v) is 14.7. The molecule has 1 aliphatic rings. The topological polar surface area (TPSA) is 54.0 Å². The molecule has 0 unspecified atom stereocenters. The van der Waals surface area contributed by atoms with Gasteiger partial charge in [-0.3, -0.25) is 4.90 Å². The summed E-state index contributed by atoms with van der Waals surface area (Å²) >= 11 is 0. The highest BCUT2D eigenvalue weighted by Gasteiger charge is 2.27. The minimum absolute atomic E-state index is 0.0810. The zero-order valence-electron chi connectivity index (χ0n) is 14.7. The fourth-order valence-corrected chi connectivity index (χ4v) is 2.63. The van der Waals surface area contributed by atoms with Gasteiger partial charge in [-0.15, -0.1) is 0 Å². The molecule has 0 aromatic heterocycles. The molecule has 26 heavy (non-hydrogen) atoms. The summed E-state index contributed by atoms with van der Waals surface area (Å²) in [4.78, 5) is 16.1. The summed E-state index contributed by atoms with van der Waals surface area (Å²) in [6.45, 7) is 2.07. The molecule has 1 fully saturated rings. The van der Waals surface area contributed by atoms with Crippen molar-refractivity contribution in [2.24, 2.45) is 0 Å². The van der Waals surface area contributed by atoms with E-state index in [9.17, 15) is 18.0 Å². The molecule has 0 atom stereocenters. The number of hydrogen-bond acceptors (Lipinski definition) is 4. The van der Waals surface area contributed by atoms with Gasteiger partial charge in [0.25, 0.3) is 0 Å². The maximum atomic E-state index is 12.3. The van der Waals surface area contributed by atoms with Crippen LogP contribution in [0.2, 0.25) is 0 Å². The van der Waals surface area contributed by atoms with Crippen LogP contribution in [0.3, 0.4) is 0 Å². The number of halogens is 3. The second kappa shape index (κ2) is 9.63. The maximum absolute atomic E-state index is 12.3. The first-order valence-electron chi connectivity index (χ1n) is 8.44. The maximum Gasteiger partial charge on any atom is 0.411 e. The van der Waals surface area contributed by atoms with Crippen molar-refractivity contribution in [3.63, 3.8) is 0 Å². The average molecular weight is 375 g/mol. The molecule has 1 heterocycles. The number of carbonyl (C=O) groups is 1. The van der Waals surface area contributed by atoms with Gasteiger partial charge in [0, 0.05) is 45.0 Å². The number of alkyl halides is 3. The van der Waals surface area contributed by atoms with E-state index >= 15 is 0 Å². The minimum atomic E-state index is -4.27. The zero-order chi connectivity index (χ0) is 19.0. The van der Waals surface area contributed by atoms with Crippen LogP contribution in [0.1, 0.15) is 6.42 Å². The average Bonchev–Trinajstić information content (AvgIpc) is 2.61. The quantitative estimate of drug-likeness (QED) is 0.745. The predicted molar refractivity (Wildman–Crippen MR) is 91.5 cm³/mol. The first kappa shape index (κ1) is 20.3. The highest BCUT2D eigenvalue weighted by Crippen LogP contribution is 2.16. The van der Waals surface area contributed by atoms with Gasteiger partial charge >= 0.3 is 12.2 Å². The first-order chi connectivity index (χ1) is 12.4. The highest BCUT2D eigenvalue weighted by atomic mass is 19.4. The summed E-state index contributed by atoms with van der Waals surface area (Å²) in [6, 6.07) is 6.92. The molecule has 1 N–H and O–H groups in total. The van der Waals surface area contributed by atoms with Gasteiger partial charge in [-0.05, 0) is 30.7 Å². The monoisotopic (exact) mass is 375 g/mol. The van der Waals surface area contributed by atoms with Crippen LogP contribution in [0.5, 0.6) is 5.75 Å². The Balaban J connectivity index is 1.63. The number of piperazine rings is 1. The minimum Gasteiger partial charge on any atom is -0.497 e. The van der Waals surface area contributed by atoms with Gasteiger partial charge in [0.2, 0.25) is 0 Å². The summed E-state index contributed by atoms with van der Waals surface area (Å²) < 4.78 is 45.6. The Labute approximate surface area is 150 Å². The molecule has 2 amide bonds. The standard InChI is InChI=1S/C17H24F3N3O3/c1-25-15-5-3-14(4-6-15)21-16(24)23-10-8-22(9-11-23)7-2-12-26-13-17(18,19)20/h3-6H,2,7-13H2,1H3,(H,21,24). The van der Waals surface area contributed by atoms with Crippen molar-refractivity contribution in [1.82, 2.24) is 9.80 Å². The molecular weight excluding hydrogens is 351 g/mol. The van der Waals surface area contributed by atoms with E-state index in [2.05, 4.69) is 15.0 Å². The van der Waals surface area contributed by atoms with Crippen molar-refractivity contribution in [1.29, 1.82) is 0 Å². The lowest BCUT2D eigenvalue weighted by Crippen LogP contribution is -2.50. The van der Waals surface area contributed by atoms with Gasteiger partial charge in [-0.1, -0.05) is 0 Å². The SMILES string of the molecule is COc1ccc(NC(=O)N2CCN(CCCOCC(F)(F)F)CC2)cc1. The van der Waals surface area contributed by atoms with Crippen molar-refractivity contribution in [2.45, 2.75) is 12.6 Å². The van der Waals surface area contributed by atoms with Crippen LogP contribution in [0, 0.1) is 0 Å². The lowest BCUT2D eigenvalue weighted by molar-refractivity contribution is -0.174. The van der Waals surface area contributed by atoms with Gasteiger partial charge in [0.05, 0.1) is 7.11 Å². The van der Waals surface area contributed by atoms with Crippen LogP contribution in [0.4, 0.5) is 23.7 Å². The van der Waals surface area contributed by atoms with Gasteiger partial charge in [0.1, 0.15) is 12.4 Å². The molecule has 0 spiro atoms. The van der Waals surface area contributed by atoms with E-state index in [4.69, 9.17) is 4.74 Å². The Kier molecular flexibility index (Phi) is 7.52. The number of benzene rings is 1. The third kappa shape index (κ3) is 7.09. The van der Waals surface area contributed by atoms with E-state index in [0.29, 0.717) is 44.8 Å². The van der Waals surface area contributed by atoms with Gasteiger partial charge in [-0.2, -0.15) is 13.2 Å². The molecule has 1 saturated heterocycles. The van der Waals surface area contributed by atoms with Crippen molar-refractivity contribution in [2.75, 3.05) is 58.4 Å². The molecule has 0 radical (unpaired) electrons. The molecule has 1 aromatic carbocycles. The molecule has 1 aliphatic heterocycles. The Morgan fingerprint density at radius 1 is 1.15 bits per heavy atom. The summed E-state index contributed by atoms with van der Waals surface area (Å²) in [7, 11) is 1.58. The molecule has 9 heteroatoms. The number of ether oxygens (including phenoxy) is 2. The summed E-state index contributed by atoms with van der Waals surface area (Å²) in [5.74, 6) is 0.718. The van der Waals surface area contributed by atoms with E-state index in [0.717, 1.165) is 5.75 Å².